The smallest absolute Gasteiger partial charge is 0.317 e. The van der Waals surface area contributed by atoms with Crippen LogP contribution in [0, 0.1) is 17.8 Å². The lowest BCUT2D eigenvalue weighted by Gasteiger charge is -2.17. The second-order valence-corrected chi connectivity index (χ2v) is 4.06. The highest BCUT2D eigenvalue weighted by Gasteiger charge is 2.34. The van der Waals surface area contributed by atoms with Crippen LogP contribution in [0.5, 0.6) is 0 Å². The van der Waals surface area contributed by atoms with Crippen molar-refractivity contribution in [1.82, 2.24) is 5.32 Å². The molecule has 3 atom stereocenters. The van der Waals surface area contributed by atoms with Gasteiger partial charge in [-0.25, -0.2) is 0 Å². The minimum Gasteiger partial charge on any atom is -0.480 e. The summed E-state index contributed by atoms with van der Waals surface area (Å²) >= 11 is 0. The average molecular weight is 181 g/mol. The Balaban J connectivity index is 1.72. The van der Waals surface area contributed by atoms with Crippen LogP contribution in [0.4, 0.5) is 0 Å². The van der Waals surface area contributed by atoms with Crippen LogP contribution >= 0.6 is 0 Å². The quantitative estimate of drug-likeness (QED) is 0.633. The zero-order valence-corrected chi connectivity index (χ0v) is 7.57. The van der Waals surface area contributed by atoms with Crippen molar-refractivity contribution in [3.8, 4) is 0 Å². The molecule has 0 aromatic rings. The lowest BCUT2D eigenvalue weighted by Crippen LogP contribution is -2.29. The predicted molar refractivity (Wildman–Crippen MR) is 49.3 cm³/mol. The lowest BCUT2D eigenvalue weighted by atomic mass is 9.94. The van der Waals surface area contributed by atoms with Crippen LogP contribution in [0.1, 0.15) is 12.8 Å². The summed E-state index contributed by atoms with van der Waals surface area (Å²) in [6, 6.07) is 0. The summed E-state index contributed by atoms with van der Waals surface area (Å²) in [4.78, 5) is 10.3. The first-order chi connectivity index (χ1) is 6.25. The van der Waals surface area contributed by atoms with Crippen molar-refractivity contribution < 1.29 is 9.90 Å². The first kappa shape index (κ1) is 8.75. The molecule has 1 fully saturated rings. The highest BCUT2D eigenvalue weighted by molar-refractivity contribution is 5.68. The van der Waals surface area contributed by atoms with E-state index in [0.29, 0.717) is 11.8 Å². The van der Waals surface area contributed by atoms with Crippen molar-refractivity contribution in [2.24, 2.45) is 17.8 Å². The lowest BCUT2D eigenvalue weighted by molar-refractivity contribution is -0.136. The van der Waals surface area contributed by atoms with Gasteiger partial charge in [0.05, 0.1) is 6.54 Å². The molecule has 0 aliphatic heterocycles. The normalized spacial score (nSPS) is 35.5. The number of aliphatic carboxylic acids is 1. The minimum atomic E-state index is -0.765. The van der Waals surface area contributed by atoms with Crippen molar-refractivity contribution in [2.75, 3.05) is 13.1 Å². The van der Waals surface area contributed by atoms with Crippen molar-refractivity contribution in [3.63, 3.8) is 0 Å². The number of hydrogen-bond donors (Lipinski definition) is 2. The maximum absolute atomic E-state index is 10.3. The Labute approximate surface area is 77.8 Å². The fourth-order valence-corrected chi connectivity index (χ4v) is 2.49. The van der Waals surface area contributed by atoms with Crippen LogP contribution < -0.4 is 5.32 Å². The zero-order chi connectivity index (χ0) is 9.26. The van der Waals surface area contributed by atoms with Gasteiger partial charge >= 0.3 is 5.97 Å². The molecule has 3 nitrogen and oxygen atoms in total. The summed E-state index contributed by atoms with van der Waals surface area (Å²) in [7, 11) is 0. The molecule has 2 aliphatic rings. The van der Waals surface area contributed by atoms with Crippen LogP contribution in [0.15, 0.2) is 12.2 Å². The number of carbonyl (C=O) groups is 1. The van der Waals surface area contributed by atoms with Crippen LogP contribution in [0.3, 0.4) is 0 Å². The van der Waals surface area contributed by atoms with Gasteiger partial charge < -0.3 is 10.4 Å². The molecule has 13 heavy (non-hydrogen) atoms. The third-order valence-electron chi connectivity index (χ3n) is 3.10. The van der Waals surface area contributed by atoms with E-state index in [-0.39, 0.29) is 6.54 Å². The molecule has 0 saturated heterocycles. The molecule has 0 aromatic heterocycles. The van der Waals surface area contributed by atoms with Gasteiger partial charge in [0.25, 0.3) is 0 Å². The second kappa shape index (κ2) is 3.50. The van der Waals surface area contributed by atoms with Gasteiger partial charge in [-0.15, -0.1) is 0 Å². The maximum Gasteiger partial charge on any atom is 0.317 e. The fourth-order valence-electron chi connectivity index (χ4n) is 2.49. The van der Waals surface area contributed by atoms with Crippen LogP contribution in [-0.4, -0.2) is 24.2 Å². The Kier molecular flexibility index (Phi) is 2.36. The van der Waals surface area contributed by atoms with Crippen molar-refractivity contribution in [2.45, 2.75) is 12.8 Å². The minimum absolute atomic E-state index is 0.0948. The van der Waals surface area contributed by atoms with E-state index < -0.39 is 5.97 Å². The molecule has 1 unspecified atom stereocenters. The number of rotatable bonds is 4. The standard InChI is InChI=1S/C10H15NO2/c12-10(13)6-11-5-9-4-7-1-2-8(9)3-7/h1-2,7-9,11H,3-6H2,(H,12,13)/t7-,8+,9?/m1/s1. The van der Waals surface area contributed by atoms with Gasteiger partial charge in [-0.2, -0.15) is 0 Å². The van der Waals surface area contributed by atoms with Crippen molar-refractivity contribution >= 4 is 5.97 Å². The summed E-state index contributed by atoms with van der Waals surface area (Å²) in [6.45, 7) is 0.954. The van der Waals surface area contributed by atoms with Gasteiger partial charge in [-0.1, -0.05) is 12.2 Å². The summed E-state index contributed by atoms with van der Waals surface area (Å²) in [5, 5.41) is 11.4. The number of carboxylic acid groups (broad SMARTS) is 1. The maximum atomic E-state index is 10.3. The predicted octanol–water partition coefficient (Wildman–Crippen LogP) is 0.873. The molecular weight excluding hydrogens is 166 g/mol. The Morgan fingerprint density at radius 2 is 2.31 bits per heavy atom. The summed E-state index contributed by atoms with van der Waals surface area (Å²) < 4.78 is 0. The fraction of sp³-hybridized carbons (Fsp3) is 0.700. The highest BCUT2D eigenvalue weighted by Crippen LogP contribution is 2.42. The number of nitrogens with one attached hydrogen (secondary N) is 1. The van der Waals surface area contributed by atoms with Crippen molar-refractivity contribution in [3.05, 3.63) is 12.2 Å². The first-order valence-electron chi connectivity index (χ1n) is 4.86. The summed E-state index contributed by atoms with van der Waals surface area (Å²) in [6.07, 6.45) is 7.13. The molecule has 2 rings (SSSR count). The largest absolute Gasteiger partial charge is 0.480 e. The number of carboxylic acids is 1. The third kappa shape index (κ3) is 1.91. The molecule has 0 spiro atoms. The molecule has 2 N–H and O–H groups in total. The molecule has 0 heterocycles. The topological polar surface area (TPSA) is 49.3 Å². The molecule has 3 heteroatoms. The molecule has 0 aromatic carbocycles. The second-order valence-electron chi connectivity index (χ2n) is 4.06. The summed E-state index contributed by atoms with van der Waals surface area (Å²) in [5.74, 6) is 1.40. The monoisotopic (exact) mass is 181 g/mol. The van der Waals surface area contributed by atoms with Crippen LogP contribution in [0.2, 0.25) is 0 Å². The van der Waals surface area contributed by atoms with Gasteiger partial charge in [0.15, 0.2) is 0 Å². The number of hydrogen-bond acceptors (Lipinski definition) is 2. The number of fused-ring (bicyclic) bond motifs is 2. The van der Waals surface area contributed by atoms with E-state index in [9.17, 15) is 4.79 Å². The molecule has 1 saturated carbocycles. The van der Waals surface area contributed by atoms with E-state index in [0.717, 1.165) is 12.5 Å². The van der Waals surface area contributed by atoms with E-state index in [1.54, 1.807) is 0 Å². The van der Waals surface area contributed by atoms with Crippen LogP contribution in [-0.2, 0) is 4.79 Å². The molecule has 0 amide bonds. The Hall–Kier alpha value is -0.830. The van der Waals surface area contributed by atoms with Gasteiger partial charge in [0.2, 0.25) is 0 Å². The van der Waals surface area contributed by atoms with Crippen molar-refractivity contribution in [1.29, 1.82) is 0 Å². The Morgan fingerprint density at radius 3 is 2.85 bits per heavy atom. The van der Waals surface area contributed by atoms with Gasteiger partial charge in [-0.3, -0.25) is 4.79 Å². The number of allylic oxidation sites excluding steroid dienone is 2. The molecular formula is C10H15NO2. The highest BCUT2D eigenvalue weighted by atomic mass is 16.4. The Bertz CT molecular complexity index is 237. The molecule has 2 bridgehead atoms. The molecule has 72 valence electrons. The van der Waals surface area contributed by atoms with Crippen LogP contribution in [0.25, 0.3) is 0 Å². The Morgan fingerprint density at radius 1 is 1.46 bits per heavy atom. The van der Waals surface area contributed by atoms with Gasteiger partial charge in [-0.05, 0) is 37.1 Å². The third-order valence-corrected chi connectivity index (χ3v) is 3.10. The van der Waals surface area contributed by atoms with E-state index in [1.165, 1.54) is 12.8 Å². The van der Waals surface area contributed by atoms with Gasteiger partial charge in [0.1, 0.15) is 0 Å². The van der Waals surface area contributed by atoms with E-state index in [4.69, 9.17) is 5.11 Å². The van der Waals surface area contributed by atoms with E-state index in [1.807, 2.05) is 0 Å². The SMILES string of the molecule is O=C(O)CNCC1C[C@@H]2C=C[C@H]1C2. The summed E-state index contributed by atoms with van der Waals surface area (Å²) in [5.41, 5.74) is 0. The average Bonchev–Trinajstić information content (AvgIpc) is 2.64. The van der Waals surface area contributed by atoms with E-state index >= 15 is 0 Å². The first-order valence-corrected chi connectivity index (χ1v) is 4.86. The van der Waals surface area contributed by atoms with Gasteiger partial charge in [0, 0.05) is 0 Å². The zero-order valence-electron chi connectivity index (χ0n) is 7.57. The molecule has 2 aliphatic carbocycles. The van der Waals surface area contributed by atoms with E-state index in [2.05, 4.69) is 17.5 Å². The molecule has 0 radical (unpaired) electrons.